The Labute approximate surface area is 96.6 Å². The lowest BCUT2D eigenvalue weighted by molar-refractivity contribution is 0.0727. The molecule has 0 saturated carbocycles. The van der Waals surface area contributed by atoms with E-state index in [4.69, 9.17) is 4.74 Å². The summed E-state index contributed by atoms with van der Waals surface area (Å²) < 4.78 is 31.4. The molecule has 1 unspecified atom stereocenters. The monoisotopic (exact) mass is 243 g/mol. The molecule has 0 N–H and O–H groups in total. The molecule has 1 aliphatic heterocycles. The van der Waals surface area contributed by atoms with Crippen molar-refractivity contribution in [2.24, 2.45) is 0 Å². The van der Waals surface area contributed by atoms with Gasteiger partial charge in [0.1, 0.15) is 0 Å². The van der Waals surface area contributed by atoms with Gasteiger partial charge in [-0.15, -0.1) is 0 Å². The molecule has 1 saturated heterocycles. The average molecular weight is 243 g/mol. The highest BCUT2D eigenvalue weighted by Gasteiger charge is 2.33. The molecule has 0 radical (unpaired) electrons. The van der Waals surface area contributed by atoms with Crippen molar-refractivity contribution in [3.05, 3.63) is 23.8 Å². The fraction of sp³-hybridized carbons (Fsp3) is 0.636. The number of hydrogen-bond donors (Lipinski definition) is 0. The van der Waals surface area contributed by atoms with Crippen molar-refractivity contribution in [2.75, 3.05) is 26.3 Å². The van der Waals surface area contributed by atoms with Gasteiger partial charge >= 0.3 is 0 Å². The van der Waals surface area contributed by atoms with Crippen molar-refractivity contribution >= 4 is 10.0 Å². The molecule has 0 aromatic rings. The minimum absolute atomic E-state index is 0.379. The lowest BCUT2D eigenvalue weighted by Gasteiger charge is -2.31. The number of ether oxygens (including phenoxy) is 1. The second-order valence-corrected chi connectivity index (χ2v) is 6.23. The van der Waals surface area contributed by atoms with Gasteiger partial charge in [-0.1, -0.05) is 23.8 Å². The molecule has 0 aromatic carbocycles. The van der Waals surface area contributed by atoms with Crippen LogP contribution < -0.4 is 0 Å². The van der Waals surface area contributed by atoms with Gasteiger partial charge < -0.3 is 4.74 Å². The van der Waals surface area contributed by atoms with Gasteiger partial charge in [0.05, 0.1) is 18.5 Å². The molecule has 2 aliphatic rings. The van der Waals surface area contributed by atoms with Crippen LogP contribution in [-0.2, 0) is 14.8 Å². The number of hydrogen-bond acceptors (Lipinski definition) is 3. The Morgan fingerprint density at radius 3 is 2.69 bits per heavy atom. The summed E-state index contributed by atoms with van der Waals surface area (Å²) in [6.07, 6.45) is 6.30. The highest BCUT2D eigenvalue weighted by Crippen LogP contribution is 2.23. The van der Waals surface area contributed by atoms with E-state index in [-0.39, 0.29) is 5.25 Å². The summed E-state index contributed by atoms with van der Waals surface area (Å²) in [4.78, 5) is 0. The predicted molar refractivity (Wildman–Crippen MR) is 62.6 cm³/mol. The molecule has 0 aromatic heterocycles. The highest BCUT2D eigenvalue weighted by molar-refractivity contribution is 7.90. The summed E-state index contributed by atoms with van der Waals surface area (Å²) in [6, 6.07) is 0. The van der Waals surface area contributed by atoms with Crippen molar-refractivity contribution in [2.45, 2.75) is 18.6 Å². The first-order valence-electron chi connectivity index (χ1n) is 5.52. The zero-order valence-electron chi connectivity index (χ0n) is 9.43. The van der Waals surface area contributed by atoms with Gasteiger partial charge in [-0.2, -0.15) is 4.31 Å². The van der Waals surface area contributed by atoms with Gasteiger partial charge in [0, 0.05) is 13.1 Å². The second-order valence-electron chi connectivity index (χ2n) is 4.12. The molecule has 0 spiro atoms. The van der Waals surface area contributed by atoms with E-state index in [1.54, 1.807) is 4.31 Å². The van der Waals surface area contributed by atoms with Crippen LogP contribution in [0.25, 0.3) is 0 Å². The second kappa shape index (κ2) is 4.69. The maximum atomic E-state index is 12.3. The molecule has 4 nitrogen and oxygen atoms in total. The summed E-state index contributed by atoms with van der Waals surface area (Å²) in [5.41, 5.74) is 0.925. The highest BCUT2D eigenvalue weighted by atomic mass is 32.2. The molecule has 5 heteroatoms. The van der Waals surface area contributed by atoms with Crippen LogP contribution in [0.4, 0.5) is 0 Å². The summed E-state index contributed by atoms with van der Waals surface area (Å²) in [5, 5.41) is -0.379. The third kappa shape index (κ3) is 2.21. The third-order valence-corrected chi connectivity index (χ3v) is 5.41. The maximum absolute atomic E-state index is 12.3. The van der Waals surface area contributed by atoms with Gasteiger partial charge in [0.15, 0.2) is 0 Å². The molecule has 0 amide bonds. The average Bonchev–Trinajstić information content (AvgIpc) is 2.30. The van der Waals surface area contributed by atoms with Crippen molar-refractivity contribution in [1.82, 2.24) is 4.31 Å². The Bertz CT molecular complexity index is 405. The van der Waals surface area contributed by atoms with Crippen LogP contribution in [0.3, 0.4) is 0 Å². The zero-order valence-corrected chi connectivity index (χ0v) is 10.2. The van der Waals surface area contributed by atoms with Crippen LogP contribution in [-0.4, -0.2) is 44.3 Å². The molecule has 1 fully saturated rings. The van der Waals surface area contributed by atoms with Gasteiger partial charge in [0.25, 0.3) is 0 Å². The Kier molecular flexibility index (Phi) is 3.47. The van der Waals surface area contributed by atoms with E-state index in [0.717, 1.165) is 5.57 Å². The Balaban J connectivity index is 2.18. The van der Waals surface area contributed by atoms with Crippen LogP contribution in [0, 0.1) is 0 Å². The fourth-order valence-corrected chi connectivity index (χ4v) is 3.97. The molecule has 90 valence electrons. The van der Waals surface area contributed by atoms with E-state index in [1.165, 1.54) is 0 Å². The van der Waals surface area contributed by atoms with Crippen LogP contribution in [0.1, 0.15) is 13.3 Å². The number of morpholine rings is 1. The van der Waals surface area contributed by atoms with Crippen molar-refractivity contribution < 1.29 is 13.2 Å². The minimum Gasteiger partial charge on any atom is -0.379 e. The SMILES string of the molecule is CC1=CC=CCC1S(=O)(=O)N1CCOCC1. The van der Waals surface area contributed by atoms with E-state index >= 15 is 0 Å². The van der Waals surface area contributed by atoms with Crippen molar-refractivity contribution in [3.63, 3.8) is 0 Å². The lowest BCUT2D eigenvalue weighted by atomic mass is 10.1. The summed E-state index contributed by atoms with van der Waals surface area (Å²) >= 11 is 0. The molecule has 1 heterocycles. The van der Waals surface area contributed by atoms with Crippen LogP contribution in [0.2, 0.25) is 0 Å². The molecule has 16 heavy (non-hydrogen) atoms. The lowest BCUT2D eigenvalue weighted by Crippen LogP contribution is -2.45. The first-order chi connectivity index (χ1) is 7.62. The molecular weight excluding hydrogens is 226 g/mol. The normalized spacial score (nSPS) is 27.8. The first kappa shape index (κ1) is 11.8. The van der Waals surface area contributed by atoms with Gasteiger partial charge in [-0.25, -0.2) is 8.42 Å². The summed E-state index contributed by atoms with van der Waals surface area (Å²) in [5.74, 6) is 0. The first-order valence-corrected chi connectivity index (χ1v) is 7.03. The standard InChI is InChI=1S/C11H17NO3S/c1-10-4-2-3-5-11(10)16(13,14)12-6-8-15-9-7-12/h2-4,11H,5-9H2,1H3. The molecule has 2 rings (SSSR count). The smallest absolute Gasteiger partial charge is 0.221 e. The third-order valence-electron chi connectivity index (χ3n) is 3.04. The quantitative estimate of drug-likeness (QED) is 0.724. The number of rotatable bonds is 2. The van der Waals surface area contributed by atoms with Crippen molar-refractivity contribution in [3.8, 4) is 0 Å². The predicted octanol–water partition coefficient (Wildman–Crippen LogP) is 0.923. The molecule has 1 aliphatic carbocycles. The number of allylic oxidation sites excluding steroid dienone is 3. The Hall–Kier alpha value is -0.650. The maximum Gasteiger partial charge on any atom is 0.221 e. The minimum atomic E-state index is -3.20. The van der Waals surface area contributed by atoms with Crippen LogP contribution in [0.5, 0.6) is 0 Å². The van der Waals surface area contributed by atoms with Gasteiger partial charge in [0.2, 0.25) is 10.0 Å². The van der Waals surface area contributed by atoms with Crippen LogP contribution in [0.15, 0.2) is 23.8 Å². The van der Waals surface area contributed by atoms with E-state index in [1.807, 2.05) is 25.2 Å². The van der Waals surface area contributed by atoms with Crippen molar-refractivity contribution in [1.29, 1.82) is 0 Å². The fourth-order valence-electron chi connectivity index (χ4n) is 2.05. The number of sulfonamides is 1. The number of nitrogens with zero attached hydrogens (tertiary/aromatic N) is 1. The summed E-state index contributed by atoms with van der Waals surface area (Å²) in [6.45, 7) is 3.85. The topological polar surface area (TPSA) is 46.6 Å². The Morgan fingerprint density at radius 1 is 1.38 bits per heavy atom. The Morgan fingerprint density at radius 2 is 2.06 bits per heavy atom. The van der Waals surface area contributed by atoms with Gasteiger partial charge in [-0.3, -0.25) is 0 Å². The summed E-state index contributed by atoms with van der Waals surface area (Å²) in [7, 11) is -3.20. The largest absolute Gasteiger partial charge is 0.379 e. The van der Waals surface area contributed by atoms with Crippen LogP contribution >= 0.6 is 0 Å². The molecule has 1 atom stereocenters. The molecular formula is C11H17NO3S. The van der Waals surface area contributed by atoms with Gasteiger partial charge in [-0.05, 0) is 13.3 Å². The molecule has 0 bridgehead atoms. The van der Waals surface area contributed by atoms with E-state index in [0.29, 0.717) is 32.7 Å². The van der Waals surface area contributed by atoms with E-state index in [9.17, 15) is 8.42 Å². The zero-order chi connectivity index (χ0) is 11.6. The van der Waals surface area contributed by atoms with E-state index in [2.05, 4.69) is 0 Å². The van der Waals surface area contributed by atoms with E-state index < -0.39 is 10.0 Å².